The van der Waals surface area contributed by atoms with Crippen LogP contribution in [-0.2, 0) is 19.1 Å². The van der Waals surface area contributed by atoms with E-state index in [0.717, 1.165) is 17.4 Å². The number of carbonyl (C=O) groups is 1. The minimum Gasteiger partial charge on any atom is -0.397 e. The average Bonchev–Trinajstić information content (AvgIpc) is 2.45. The molecule has 0 radical (unpaired) electrons. The third kappa shape index (κ3) is 3.06. The molecule has 1 heterocycles. The Hall–Kier alpha value is -0.830. The van der Waals surface area contributed by atoms with E-state index in [0.29, 0.717) is 0 Å². The molecule has 0 saturated heterocycles. The van der Waals surface area contributed by atoms with Crippen molar-refractivity contribution in [2.45, 2.75) is 4.21 Å². The number of nitrogen functional groups attached to an aromatic ring is 1. The van der Waals surface area contributed by atoms with Crippen LogP contribution in [0.1, 0.15) is 0 Å². The molecule has 1 amide bonds. The normalized spacial score (nSPS) is 11.5. The first-order valence-electron chi connectivity index (χ1n) is 3.55. The molecule has 6 nitrogen and oxygen atoms in total. The topological polar surface area (TPSA) is 112 Å². The molecular formula is C6H7ClN2O4S2. The number of nitrogens with two attached hydrogens (primary N) is 2. The van der Waals surface area contributed by atoms with Crippen molar-refractivity contribution in [3.63, 3.8) is 0 Å². The van der Waals surface area contributed by atoms with E-state index >= 15 is 0 Å². The minimum absolute atomic E-state index is 0.142. The van der Waals surface area contributed by atoms with Crippen LogP contribution in [0.25, 0.3) is 0 Å². The van der Waals surface area contributed by atoms with Crippen LogP contribution in [0.2, 0.25) is 4.34 Å². The first-order chi connectivity index (χ1) is 6.83. The SMILES string of the molecule is NC(=O)COS(=O)(=O)c1cc(N)c(Cl)s1. The monoisotopic (exact) mass is 270 g/mol. The van der Waals surface area contributed by atoms with E-state index in [-0.39, 0.29) is 14.2 Å². The molecule has 0 atom stereocenters. The Morgan fingerprint density at radius 1 is 1.60 bits per heavy atom. The highest BCUT2D eigenvalue weighted by molar-refractivity contribution is 7.89. The Morgan fingerprint density at radius 3 is 2.60 bits per heavy atom. The Balaban J connectivity index is 2.91. The van der Waals surface area contributed by atoms with Crippen LogP contribution in [0.5, 0.6) is 0 Å². The smallest absolute Gasteiger partial charge is 0.307 e. The van der Waals surface area contributed by atoms with E-state index in [1.807, 2.05) is 0 Å². The number of hydrogen-bond donors (Lipinski definition) is 2. The summed E-state index contributed by atoms with van der Waals surface area (Å²) in [6, 6.07) is 1.16. The molecular weight excluding hydrogens is 264 g/mol. The number of rotatable bonds is 4. The Bertz CT molecular complexity index is 462. The lowest BCUT2D eigenvalue weighted by Gasteiger charge is -1.99. The van der Waals surface area contributed by atoms with Crippen LogP contribution in [0.3, 0.4) is 0 Å². The van der Waals surface area contributed by atoms with Gasteiger partial charge in [-0.25, -0.2) is 0 Å². The highest BCUT2D eigenvalue weighted by Crippen LogP contribution is 2.33. The van der Waals surface area contributed by atoms with Gasteiger partial charge in [0, 0.05) is 0 Å². The Labute approximate surface area is 94.9 Å². The van der Waals surface area contributed by atoms with Crippen LogP contribution in [0, 0.1) is 0 Å². The van der Waals surface area contributed by atoms with Crippen molar-refractivity contribution in [3.05, 3.63) is 10.4 Å². The summed E-state index contributed by atoms with van der Waals surface area (Å²) in [6.45, 7) is -0.711. The molecule has 4 N–H and O–H groups in total. The minimum atomic E-state index is -4.00. The Morgan fingerprint density at radius 2 is 2.20 bits per heavy atom. The lowest BCUT2D eigenvalue weighted by atomic mass is 10.6. The van der Waals surface area contributed by atoms with Crippen LogP contribution < -0.4 is 11.5 Å². The quantitative estimate of drug-likeness (QED) is 0.758. The van der Waals surface area contributed by atoms with Gasteiger partial charge in [-0.05, 0) is 6.07 Å². The maximum Gasteiger partial charge on any atom is 0.307 e. The predicted molar refractivity (Wildman–Crippen MR) is 56.1 cm³/mol. The second-order valence-corrected chi connectivity index (χ2v) is 5.97. The lowest BCUT2D eigenvalue weighted by Crippen LogP contribution is -2.20. The molecule has 0 unspecified atom stereocenters. The van der Waals surface area contributed by atoms with Crippen molar-refractivity contribution in [1.29, 1.82) is 0 Å². The molecule has 1 rings (SSSR count). The van der Waals surface area contributed by atoms with Crippen molar-refractivity contribution in [2.75, 3.05) is 12.3 Å². The van der Waals surface area contributed by atoms with Gasteiger partial charge in [-0.1, -0.05) is 11.6 Å². The summed E-state index contributed by atoms with van der Waals surface area (Å²) in [7, 11) is -4.00. The number of thiophene rings is 1. The van der Waals surface area contributed by atoms with E-state index in [2.05, 4.69) is 4.18 Å². The first-order valence-corrected chi connectivity index (χ1v) is 6.16. The molecule has 0 fully saturated rings. The molecule has 84 valence electrons. The summed E-state index contributed by atoms with van der Waals surface area (Å²) in [5, 5.41) is 0. The lowest BCUT2D eigenvalue weighted by molar-refractivity contribution is -0.119. The molecule has 1 aromatic heterocycles. The van der Waals surface area contributed by atoms with E-state index in [1.165, 1.54) is 0 Å². The van der Waals surface area contributed by atoms with Gasteiger partial charge >= 0.3 is 10.1 Å². The van der Waals surface area contributed by atoms with Gasteiger partial charge in [0.2, 0.25) is 5.91 Å². The average molecular weight is 271 g/mol. The zero-order chi connectivity index (χ0) is 11.6. The van der Waals surface area contributed by atoms with E-state index in [4.69, 9.17) is 23.1 Å². The van der Waals surface area contributed by atoms with Gasteiger partial charge in [0.15, 0.2) is 4.21 Å². The maximum absolute atomic E-state index is 11.4. The highest BCUT2D eigenvalue weighted by Gasteiger charge is 2.20. The number of primary amides is 1. The molecule has 15 heavy (non-hydrogen) atoms. The van der Waals surface area contributed by atoms with Gasteiger partial charge in [-0.3, -0.25) is 8.98 Å². The van der Waals surface area contributed by atoms with Crippen molar-refractivity contribution < 1.29 is 17.4 Å². The molecule has 0 bridgehead atoms. The van der Waals surface area contributed by atoms with Crippen LogP contribution >= 0.6 is 22.9 Å². The van der Waals surface area contributed by atoms with Gasteiger partial charge in [-0.15, -0.1) is 11.3 Å². The second kappa shape index (κ2) is 4.35. The fraction of sp³-hybridized carbons (Fsp3) is 0.167. The third-order valence-corrected chi connectivity index (χ3v) is 4.38. The van der Waals surface area contributed by atoms with E-state index in [1.54, 1.807) is 0 Å². The first kappa shape index (κ1) is 12.2. The molecule has 0 aromatic carbocycles. The van der Waals surface area contributed by atoms with Gasteiger partial charge in [0.05, 0.1) is 5.69 Å². The van der Waals surface area contributed by atoms with Gasteiger partial charge < -0.3 is 11.5 Å². The summed E-state index contributed by atoms with van der Waals surface area (Å²) in [4.78, 5) is 10.3. The number of halogens is 1. The largest absolute Gasteiger partial charge is 0.397 e. The molecule has 0 spiro atoms. The van der Waals surface area contributed by atoms with Crippen molar-refractivity contribution in [3.8, 4) is 0 Å². The molecule has 0 aliphatic rings. The van der Waals surface area contributed by atoms with Crippen molar-refractivity contribution in [1.82, 2.24) is 0 Å². The molecule has 0 aliphatic carbocycles. The van der Waals surface area contributed by atoms with Crippen molar-refractivity contribution in [2.24, 2.45) is 5.73 Å². The maximum atomic E-state index is 11.4. The number of amides is 1. The van der Waals surface area contributed by atoms with Crippen molar-refractivity contribution >= 4 is 44.7 Å². The standard InChI is InChI=1S/C6H7ClN2O4S2/c7-6-3(8)1-5(14-6)15(11,12)13-2-4(9)10/h1H,2,8H2,(H2,9,10). The fourth-order valence-electron chi connectivity index (χ4n) is 0.677. The summed E-state index contributed by atoms with van der Waals surface area (Å²) < 4.78 is 27.1. The van der Waals surface area contributed by atoms with Gasteiger partial charge in [0.25, 0.3) is 0 Å². The Kier molecular flexibility index (Phi) is 3.55. The van der Waals surface area contributed by atoms with Gasteiger partial charge in [0.1, 0.15) is 10.9 Å². The van der Waals surface area contributed by atoms with Gasteiger partial charge in [-0.2, -0.15) is 8.42 Å². The summed E-state index contributed by atoms with van der Waals surface area (Å²) in [6.07, 6.45) is 0. The number of hydrogen-bond acceptors (Lipinski definition) is 6. The van der Waals surface area contributed by atoms with E-state index in [9.17, 15) is 13.2 Å². The van der Waals surface area contributed by atoms with E-state index < -0.39 is 22.6 Å². The highest BCUT2D eigenvalue weighted by atomic mass is 35.5. The zero-order valence-corrected chi connectivity index (χ0v) is 9.66. The number of anilines is 1. The van der Waals surface area contributed by atoms with Crippen LogP contribution in [0.4, 0.5) is 5.69 Å². The fourth-order valence-corrected chi connectivity index (χ4v) is 3.12. The predicted octanol–water partition coefficient (Wildman–Crippen LogP) is 0.174. The molecule has 1 aromatic rings. The summed E-state index contributed by atoms with van der Waals surface area (Å²) in [5.74, 6) is -0.880. The third-order valence-electron chi connectivity index (χ3n) is 1.29. The molecule has 0 saturated carbocycles. The van der Waals surface area contributed by atoms with Crippen LogP contribution in [-0.4, -0.2) is 20.9 Å². The molecule has 9 heteroatoms. The zero-order valence-electron chi connectivity index (χ0n) is 7.27. The summed E-state index contributed by atoms with van der Waals surface area (Å²) >= 11 is 6.33. The summed E-state index contributed by atoms with van der Waals surface area (Å²) in [5.41, 5.74) is 10.2. The van der Waals surface area contributed by atoms with Crippen LogP contribution in [0.15, 0.2) is 10.3 Å². The second-order valence-electron chi connectivity index (χ2n) is 2.48. The molecule has 0 aliphatic heterocycles. The number of carbonyl (C=O) groups excluding carboxylic acids is 1.